The molecule has 2 bridgehead atoms. The number of piperidine rings is 1. The highest BCUT2D eigenvalue weighted by Gasteiger charge is 2.40. The van der Waals surface area contributed by atoms with Crippen molar-refractivity contribution in [3.05, 3.63) is 93.9 Å². The van der Waals surface area contributed by atoms with Gasteiger partial charge in [0.25, 0.3) is 5.91 Å². The van der Waals surface area contributed by atoms with E-state index < -0.39 is 0 Å². The number of ether oxygens (including phenoxy) is 1. The van der Waals surface area contributed by atoms with Crippen molar-refractivity contribution in [3.8, 4) is 5.75 Å². The van der Waals surface area contributed by atoms with Crippen LogP contribution in [-0.2, 0) is 13.1 Å². The van der Waals surface area contributed by atoms with Crippen LogP contribution in [0.2, 0.25) is 10.0 Å². The normalized spacial score (nSPS) is 19.7. The Morgan fingerprint density at radius 1 is 1.00 bits per heavy atom. The zero-order chi connectivity index (χ0) is 31.5. The zero-order valence-electron chi connectivity index (χ0n) is 25.8. The van der Waals surface area contributed by atoms with Crippen LogP contribution >= 0.6 is 23.2 Å². The van der Waals surface area contributed by atoms with E-state index in [1.54, 1.807) is 18.3 Å². The summed E-state index contributed by atoms with van der Waals surface area (Å²) in [5.41, 5.74) is 3.03. The van der Waals surface area contributed by atoms with Gasteiger partial charge in [-0.1, -0.05) is 47.5 Å². The van der Waals surface area contributed by atoms with Crippen LogP contribution < -0.4 is 10.1 Å². The largest absolute Gasteiger partial charge is 0.489 e. The Labute approximate surface area is 274 Å². The molecule has 2 aliphatic heterocycles. The number of nitrogens with one attached hydrogen (secondary N) is 1. The summed E-state index contributed by atoms with van der Waals surface area (Å²) in [7, 11) is 0. The average molecular weight is 648 g/mol. The monoisotopic (exact) mass is 646 g/mol. The van der Waals surface area contributed by atoms with Crippen molar-refractivity contribution in [1.29, 1.82) is 0 Å². The second-order valence-corrected chi connectivity index (χ2v) is 13.5. The van der Waals surface area contributed by atoms with E-state index in [9.17, 15) is 9.59 Å². The van der Waals surface area contributed by atoms with Crippen LogP contribution in [0.1, 0.15) is 78.8 Å². The Kier molecular flexibility index (Phi) is 9.78. The lowest BCUT2D eigenvalue weighted by Crippen LogP contribution is -2.43. The van der Waals surface area contributed by atoms with E-state index in [-0.39, 0.29) is 17.8 Å². The van der Waals surface area contributed by atoms with Crippen molar-refractivity contribution >= 4 is 45.8 Å². The number of amides is 1. The minimum Gasteiger partial charge on any atom is -0.489 e. The van der Waals surface area contributed by atoms with Gasteiger partial charge in [0, 0.05) is 55.9 Å². The van der Waals surface area contributed by atoms with Crippen LogP contribution in [0.15, 0.2) is 67.0 Å². The van der Waals surface area contributed by atoms with E-state index in [1.165, 1.54) is 12.8 Å². The number of para-hydroxylation sites is 1. The summed E-state index contributed by atoms with van der Waals surface area (Å²) < 4.78 is 8.39. The predicted molar refractivity (Wildman–Crippen MR) is 179 cm³/mol. The third-order valence-electron chi connectivity index (χ3n) is 9.13. The lowest BCUT2D eigenvalue weighted by atomic mass is 9.86. The topological polar surface area (TPSA) is 76.5 Å². The van der Waals surface area contributed by atoms with Gasteiger partial charge in [0.1, 0.15) is 11.4 Å². The fraction of sp³-hybridized carbons (Fsp3) is 0.417. The third kappa shape index (κ3) is 7.21. The number of carbonyl (C=O) groups is 2. The summed E-state index contributed by atoms with van der Waals surface area (Å²) in [5, 5.41) is 4.88. The molecule has 1 N–H and O–H groups in total. The third-order valence-corrected chi connectivity index (χ3v) is 9.87. The van der Waals surface area contributed by atoms with Crippen LogP contribution in [0.4, 0.5) is 0 Å². The van der Waals surface area contributed by atoms with E-state index in [4.69, 9.17) is 27.9 Å². The number of halogens is 2. The first-order chi connectivity index (χ1) is 21.8. The molecule has 0 saturated carbocycles. The van der Waals surface area contributed by atoms with E-state index in [2.05, 4.69) is 19.8 Å². The number of Topliss-reactive ketones (excluding diaryl/α,β-unsaturated/α-hetero) is 1. The summed E-state index contributed by atoms with van der Waals surface area (Å²) in [6.45, 7) is 6.13. The molecule has 0 unspecified atom stereocenters. The number of carbonyl (C=O) groups excluding carboxylic acids is 2. The number of hydrogen-bond acceptors (Lipinski definition) is 5. The molecule has 2 aromatic heterocycles. The fourth-order valence-electron chi connectivity index (χ4n) is 7.20. The van der Waals surface area contributed by atoms with Gasteiger partial charge in [0.2, 0.25) is 0 Å². The van der Waals surface area contributed by atoms with Gasteiger partial charge in [0.05, 0.1) is 27.2 Å². The number of aryl methyl sites for hydroxylation is 1. The number of benzene rings is 2. The Hall–Kier alpha value is -3.39. The van der Waals surface area contributed by atoms with Crippen LogP contribution in [0.25, 0.3) is 10.9 Å². The highest BCUT2D eigenvalue weighted by Crippen LogP contribution is 2.40. The number of aromatic nitrogens is 2. The van der Waals surface area contributed by atoms with Gasteiger partial charge in [-0.2, -0.15) is 0 Å². The second-order valence-electron chi connectivity index (χ2n) is 12.6. The molecule has 2 aliphatic rings. The van der Waals surface area contributed by atoms with Crippen molar-refractivity contribution < 1.29 is 14.3 Å². The first kappa shape index (κ1) is 31.6. The summed E-state index contributed by atoms with van der Waals surface area (Å²) in [6, 6.07) is 17.9. The standard InChI is InChI=1S/C36H40Cl2N4O3/c1-23(2)45-34-9-5-7-28-29(36(44)40-21-24-10-13-30(37)31(38)19-24)22-41(35(28)34)15-6-16-42-26-11-12-27(42)18-25(17-26)20-33(43)32-8-3-4-14-39-32/h3-5,7-10,13-14,19,22-23,25-27H,6,11-12,15-18,20-21H2,1-2H3,(H,40,44)/t25-,26-,27+. The number of ketones is 1. The molecule has 4 aromatic rings. The first-order valence-electron chi connectivity index (χ1n) is 16.0. The number of pyridine rings is 1. The van der Waals surface area contributed by atoms with Gasteiger partial charge in [-0.3, -0.25) is 19.5 Å². The summed E-state index contributed by atoms with van der Waals surface area (Å²) in [6.07, 6.45) is 9.73. The van der Waals surface area contributed by atoms with E-state index in [1.807, 2.05) is 62.5 Å². The Bertz CT molecular complexity index is 1660. The summed E-state index contributed by atoms with van der Waals surface area (Å²) in [4.78, 5) is 33.2. The smallest absolute Gasteiger partial charge is 0.253 e. The molecule has 7 nitrogen and oxygen atoms in total. The Balaban J connectivity index is 1.13. The van der Waals surface area contributed by atoms with E-state index in [0.29, 0.717) is 52.3 Å². The van der Waals surface area contributed by atoms with Gasteiger partial charge in [-0.25, -0.2) is 0 Å². The number of hydrogen-bond donors (Lipinski definition) is 1. The van der Waals surface area contributed by atoms with Gasteiger partial charge < -0.3 is 14.6 Å². The molecular formula is C36H40Cl2N4O3. The van der Waals surface area contributed by atoms with Crippen LogP contribution in [0.5, 0.6) is 5.75 Å². The van der Waals surface area contributed by atoms with Crippen LogP contribution in [0.3, 0.4) is 0 Å². The average Bonchev–Trinajstić information content (AvgIpc) is 3.51. The van der Waals surface area contributed by atoms with E-state index in [0.717, 1.165) is 54.6 Å². The molecule has 2 fully saturated rings. The summed E-state index contributed by atoms with van der Waals surface area (Å²) in [5.74, 6) is 1.21. The van der Waals surface area contributed by atoms with Crippen molar-refractivity contribution in [1.82, 2.24) is 19.8 Å². The number of nitrogens with zero attached hydrogens (tertiary/aromatic N) is 3. The maximum atomic E-state index is 13.5. The number of fused-ring (bicyclic) bond motifs is 3. The molecule has 6 rings (SSSR count). The van der Waals surface area contributed by atoms with Gasteiger partial charge >= 0.3 is 0 Å². The molecule has 2 aromatic carbocycles. The van der Waals surface area contributed by atoms with E-state index >= 15 is 0 Å². The molecule has 1 amide bonds. The molecule has 3 atom stereocenters. The van der Waals surface area contributed by atoms with Crippen molar-refractivity contribution in [2.75, 3.05) is 6.54 Å². The highest BCUT2D eigenvalue weighted by atomic mass is 35.5. The van der Waals surface area contributed by atoms with Crippen LogP contribution in [0, 0.1) is 5.92 Å². The Morgan fingerprint density at radius 3 is 2.51 bits per heavy atom. The molecule has 236 valence electrons. The zero-order valence-corrected chi connectivity index (χ0v) is 27.4. The SMILES string of the molecule is CC(C)Oc1cccc2c(C(=O)NCc3ccc(Cl)c(Cl)c3)cn(CCCN3[C@@H]4CC[C@H]3C[C@H](CC(=O)c3ccccn3)C4)c12. The molecule has 2 saturated heterocycles. The molecule has 4 heterocycles. The molecule has 0 spiro atoms. The lowest BCUT2D eigenvalue weighted by molar-refractivity contribution is 0.0803. The Morgan fingerprint density at radius 2 is 1.80 bits per heavy atom. The van der Waals surface area contributed by atoms with Gasteiger partial charge in [-0.15, -0.1) is 0 Å². The molecule has 45 heavy (non-hydrogen) atoms. The fourth-order valence-corrected chi connectivity index (χ4v) is 7.52. The van der Waals surface area contributed by atoms with Crippen molar-refractivity contribution in [2.24, 2.45) is 5.92 Å². The molecule has 0 aliphatic carbocycles. The van der Waals surface area contributed by atoms with Gasteiger partial charge in [0.15, 0.2) is 5.78 Å². The van der Waals surface area contributed by atoms with Crippen molar-refractivity contribution in [2.45, 2.75) is 83.6 Å². The van der Waals surface area contributed by atoms with Gasteiger partial charge in [-0.05, 0) is 87.8 Å². The minimum atomic E-state index is -0.146. The van der Waals surface area contributed by atoms with Crippen molar-refractivity contribution in [3.63, 3.8) is 0 Å². The minimum absolute atomic E-state index is 0.00681. The molecule has 9 heteroatoms. The maximum absolute atomic E-state index is 13.5. The molecular weight excluding hydrogens is 607 g/mol. The lowest BCUT2D eigenvalue weighted by Gasteiger charge is -2.39. The summed E-state index contributed by atoms with van der Waals surface area (Å²) >= 11 is 12.2. The first-order valence-corrected chi connectivity index (χ1v) is 16.7. The number of rotatable bonds is 12. The maximum Gasteiger partial charge on any atom is 0.253 e. The van der Waals surface area contributed by atoms with Crippen LogP contribution in [-0.4, -0.2) is 50.9 Å². The predicted octanol–water partition coefficient (Wildman–Crippen LogP) is 7.97. The highest BCUT2D eigenvalue weighted by molar-refractivity contribution is 6.42. The quantitative estimate of drug-likeness (QED) is 0.158. The molecule has 0 radical (unpaired) electrons. The second kappa shape index (κ2) is 13.9.